The molecule has 0 fully saturated rings. The Kier molecular flexibility index (Phi) is 6.83. The topological polar surface area (TPSA) is 108 Å². The lowest BCUT2D eigenvalue weighted by atomic mass is 10.1. The maximum absolute atomic E-state index is 12.2. The van der Waals surface area contributed by atoms with E-state index in [0.29, 0.717) is 0 Å². The highest BCUT2D eigenvalue weighted by Crippen LogP contribution is 2.29. The number of amides is 1. The summed E-state index contributed by atoms with van der Waals surface area (Å²) in [6.45, 7) is -2.33. The fourth-order valence-electron chi connectivity index (χ4n) is 2.22. The molecule has 0 unspecified atom stereocenters. The van der Waals surface area contributed by atoms with Gasteiger partial charge in [-0.1, -0.05) is 17.7 Å². The Morgan fingerprint density at radius 1 is 1.29 bits per heavy atom. The second kappa shape index (κ2) is 9.09. The van der Waals surface area contributed by atoms with Gasteiger partial charge in [0.2, 0.25) is 0 Å². The van der Waals surface area contributed by atoms with Gasteiger partial charge in [-0.15, -0.1) is 0 Å². The Bertz CT molecular complexity index is 923. The van der Waals surface area contributed by atoms with Crippen molar-refractivity contribution in [1.82, 2.24) is 0 Å². The molecule has 28 heavy (non-hydrogen) atoms. The number of esters is 1. The van der Waals surface area contributed by atoms with Crippen molar-refractivity contribution in [2.45, 2.75) is 13.5 Å². The molecule has 0 saturated carbocycles. The minimum Gasteiger partial charge on any atom is -0.452 e. The normalized spacial score (nSPS) is 10.5. The number of hydrogen-bond donors (Lipinski definition) is 1. The summed E-state index contributed by atoms with van der Waals surface area (Å²) in [5, 5.41) is 13.1. The molecule has 2 aromatic rings. The van der Waals surface area contributed by atoms with E-state index in [9.17, 15) is 28.5 Å². The SMILES string of the molecule is Cc1c(C(=O)OCC(=O)Nc2ccc(OC(F)F)c(Cl)c2)cccc1[N+](=O)[O-]. The van der Waals surface area contributed by atoms with Crippen LogP contribution in [0.15, 0.2) is 36.4 Å². The van der Waals surface area contributed by atoms with Gasteiger partial charge in [-0.2, -0.15) is 8.78 Å². The summed E-state index contributed by atoms with van der Waals surface area (Å²) in [7, 11) is 0. The number of carbonyl (C=O) groups is 2. The van der Waals surface area contributed by atoms with Crippen LogP contribution in [0.4, 0.5) is 20.2 Å². The molecule has 2 rings (SSSR count). The Balaban J connectivity index is 1.97. The first-order chi connectivity index (χ1) is 13.2. The molecule has 148 valence electrons. The highest BCUT2D eigenvalue weighted by atomic mass is 35.5. The molecular formula is C17H13ClF2N2O6. The summed E-state index contributed by atoms with van der Waals surface area (Å²) in [5.74, 6) is -1.90. The van der Waals surface area contributed by atoms with Crippen LogP contribution in [0.3, 0.4) is 0 Å². The van der Waals surface area contributed by atoms with Crippen LogP contribution in [0.5, 0.6) is 5.75 Å². The fraction of sp³-hybridized carbons (Fsp3) is 0.176. The summed E-state index contributed by atoms with van der Waals surface area (Å²) in [6, 6.07) is 7.50. The number of carbonyl (C=O) groups excluding carboxylic acids is 2. The number of rotatable bonds is 7. The maximum atomic E-state index is 12.2. The zero-order chi connectivity index (χ0) is 20.8. The highest BCUT2D eigenvalue weighted by molar-refractivity contribution is 6.32. The molecule has 0 bridgehead atoms. The number of halogens is 3. The first-order valence-corrected chi connectivity index (χ1v) is 8.02. The number of alkyl halides is 2. The van der Waals surface area contributed by atoms with Gasteiger partial charge in [-0.25, -0.2) is 4.79 Å². The van der Waals surface area contributed by atoms with Crippen LogP contribution in [0.25, 0.3) is 0 Å². The Hall–Kier alpha value is -3.27. The van der Waals surface area contributed by atoms with Gasteiger partial charge in [0.1, 0.15) is 5.75 Å². The molecule has 0 heterocycles. The number of nitro benzene ring substituents is 1. The van der Waals surface area contributed by atoms with Crippen molar-refractivity contribution in [2.24, 2.45) is 0 Å². The van der Waals surface area contributed by atoms with Crippen LogP contribution >= 0.6 is 11.6 Å². The molecule has 0 radical (unpaired) electrons. The average molecular weight is 415 g/mol. The van der Waals surface area contributed by atoms with Crippen molar-refractivity contribution >= 4 is 34.9 Å². The minimum atomic E-state index is -3.05. The molecule has 0 spiro atoms. The molecule has 0 saturated heterocycles. The number of nitro groups is 1. The van der Waals surface area contributed by atoms with E-state index >= 15 is 0 Å². The molecule has 0 atom stereocenters. The standard InChI is InChI=1S/C17H13ClF2N2O6/c1-9-11(3-2-4-13(9)22(25)26)16(24)27-8-15(23)21-10-5-6-14(12(18)7-10)28-17(19)20/h2-7,17H,8H2,1H3,(H,21,23). The van der Waals surface area contributed by atoms with Crippen molar-refractivity contribution in [3.63, 3.8) is 0 Å². The second-order valence-electron chi connectivity index (χ2n) is 5.35. The summed E-state index contributed by atoms with van der Waals surface area (Å²) >= 11 is 5.77. The van der Waals surface area contributed by atoms with Gasteiger partial charge < -0.3 is 14.8 Å². The van der Waals surface area contributed by atoms with Crippen molar-refractivity contribution in [1.29, 1.82) is 0 Å². The minimum absolute atomic E-state index is 0.0430. The predicted octanol–water partition coefficient (Wildman–Crippen LogP) is 3.95. The van der Waals surface area contributed by atoms with Crippen LogP contribution in [0.2, 0.25) is 5.02 Å². The van der Waals surface area contributed by atoms with Crippen LogP contribution in [-0.2, 0) is 9.53 Å². The van der Waals surface area contributed by atoms with E-state index in [2.05, 4.69) is 10.1 Å². The maximum Gasteiger partial charge on any atom is 0.387 e. The van der Waals surface area contributed by atoms with Gasteiger partial charge in [0.05, 0.1) is 15.5 Å². The van der Waals surface area contributed by atoms with Crippen LogP contribution in [-0.4, -0.2) is 30.0 Å². The number of benzene rings is 2. The number of ether oxygens (including phenoxy) is 2. The number of nitrogens with one attached hydrogen (secondary N) is 1. The van der Waals surface area contributed by atoms with Gasteiger partial charge in [0, 0.05) is 17.3 Å². The van der Waals surface area contributed by atoms with Crippen molar-refractivity contribution in [3.05, 3.63) is 62.7 Å². The molecule has 0 aromatic heterocycles. The first-order valence-electron chi connectivity index (χ1n) is 7.64. The van der Waals surface area contributed by atoms with E-state index in [1.807, 2.05) is 0 Å². The number of hydrogen-bond acceptors (Lipinski definition) is 6. The number of anilines is 1. The van der Waals surface area contributed by atoms with Crippen molar-refractivity contribution in [2.75, 3.05) is 11.9 Å². The molecule has 8 nitrogen and oxygen atoms in total. The van der Waals surface area contributed by atoms with Crippen LogP contribution in [0.1, 0.15) is 15.9 Å². The summed E-state index contributed by atoms with van der Waals surface area (Å²) in [5.41, 5.74) is -0.0169. The molecule has 11 heteroatoms. The highest BCUT2D eigenvalue weighted by Gasteiger charge is 2.20. The molecule has 1 N–H and O–H groups in total. The van der Waals surface area contributed by atoms with E-state index < -0.39 is 30.0 Å². The third-order valence-corrected chi connectivity index (χ3v) is 3.78. The summed E-state index contributed by atoms with van der Waals surface area (Å²) in [6.07, 6.45) is 0. The third kappa shape index (κ3) is 5.36. The van der Waals surface area contributed by atoms with Crippen LogP contribution < -0.4 is 10.1 Å². The van der Waals surface area contributed by atoms with E-state index in [0.717, 1.165) is 6.07 Å². The third-order valence-electron chi connectivity index (χ3n) is 3.49. The smallest absolute Gasteiger partial charge is 0.387 e. The lowest BCUT2D eigenvalue weighted by molar-refractivity contribution is -0.385. The fourth-order valence-corrected chi connectivity index (χ4v) is 2.44. The second-order valence-corrected chi connectivity index (χ2v) is 5.76. The van der Waals surface area contributed by atoms with Gasteiger partial charge in [0.15, 0.2) is 6.61 Å². The largest absolute Gasteiger partial charge is 0.452 e. The van der Waals surface area contributed by atoms with Gasteiger partial charge >= 0.3 is 12.6 Å². The van der Waals surface area contributed by atoms with Gasteiger partial charge in [-0.05, 0) is 31.2 Å². The molecule has 1 amide bonds. The molecule has 0 aliphatic rings. The Morgan fingerprint density at radius 2 is 2.00 bits per heavy atom. The van der Waals surface area contributed by atoms with Crippen LogP contribution in [0, 0.1) is 17.0 Å². The quantitative estimate of drug-likeness (QED) is 0.417. The molecule has 2 aromatic carbocycles. The molecule has 0 aliphatic carbocycles. The zero-order valence-corrected chi connectivity index (χ0v) is 15.0. The summed E-state index contributed by atoms with van der Waals surface area (Å²) < 4.78 is 33.4. The lowest BCUT2D eigenvalue weighted by Gasteiger charge is -2.10. The predicted molar refractivity (Wildman–Crippen MR) is 94.8 cm³/mol. The first kappa shape index (κ1) is 21.0. The van der Waals surface area contributed by atoms with E-state index in [1.54, 1.807) is 0 Å². The Morgan fingerprint density at radius 3 is 2.61 bits per heavy atom. The molecule has 0 aliphatic heterocycles. The van der Waals surface area contributed by atoms with Crippen molar-refractivity contribution in [3.8, 4) is 5.75 Å². The average Bonchev–Trinajstić information content (AvgIpc) is 2.61. The molecular weight excluding hydrogens is 402 g/mol. The summed E-state index contributed by atoms with van der Waals surface area (Å²) in [4.78, 5) is 34.2. The Labute approximate surface area is 162 Å². The zero-order valence-electron chi connectivity index (χ0n) is 14.3. The van der Waals surface area contributed by atoms with Gasteiger partial charge in [-0.3, -0.25) is 14.9 Å². The van der Waals surface area contributed by atoms with Gasteiger partial charge in [0.25, 0.3) is 11.6 Å². The lowest BCUT2D eigenvalue weighted by Crippen LogP contribution is -2.21. The monoisotopic (exact) mass is 414 g/mol. The van der Waals surface area contributed by atoms with Crippen molar-refractivity contribution < 1.29 is 32.8 Å². The van der Waals surface area contributed by atoms with E-state index in [-0.39, 0.29) is 33.3 Å². The van der Waals surface area contributed by atoms with E-state index in [4.69, 9.17) is 16.3 Å². The van der Waals surface area contributed by atoms with E-state index in [1.165, 1.54) is 37.3 Å². The number of nitrogens with zero attached hydrogens (tertiary/aromatic N) is 1.